The van der Waals surface area contributed by atoms with Crippen molar-refractivity contribution in [1.82, 2.24) is 25.4 Å². The van der Waals surface area contributed by atoms with E-state index in [1.165, 1.54) is 12.1 Å². The van der Waals surface area contributed by atoms with Crippen LogP contribution in [0.1, 0.15) is 30.8 Å². The van der Waals surface area contributed by atoms with Gasteiger partial charge in [0.05, 0.1) is 6.61 Å². The molecule has 2 N–H and O–H groups in total. The molecule has 0 saturated heterocycles. The molecule has 0 spiro atoms. The molecule has 1 aromatic carbocycles. The zero-order valence-electron chi connectivity index (χ0n) is 16.4. The third-order valence-electron chi connectivity index (χ3n) is 4.40. The molecule has 0 unspecified atom stereocenters. The Hall–Kier alpha value is -2.68. The molecule has 152 valence electrons. The minimum atomic E-state index is -0.280. The second-order valence-electron chi connectivity index (χ2n) is 6.40. The van der Waals surface area contributed by atoms with Crippen LogP contribution in [0.4, 0.5) is 4.39 Å². The van der Waals surface area contributed by atoms with E-state index < -0.39 is 0 Å². The van der Waals surface area contributed by atoms with E-state index in [1.54, 1.807) is 6.33 Å². The summed E-state index contributed by atoms with van der Waals surface area (Å²) >= 11 is 0. The lowest BCUT2D eigenvalue weighted by atomic mass is 10.1. The highest BCUT2D eigenvalue weighted by Gasteiger charge is 2.16. The maximum atomic E-state index is 13.8. The first-order chi connectivity index (χ1) is 13.7. The molecule has 0 bridgehead atoms. The molecule has 3 rings (SSSR count). The number of fused-ring (bicyclic) bond motifs is 1. The van der Waals surface area contributed by atoms with Gasteiger partial charge in [-0.1, -0.05) is 6.92 Å². The lowest BCUT2D eigenvalue weighted by Crippen LogP contribution is -2.39. The molecule has 1 aromatic heterocycles. The minimum absolute atomic E-state index is 0.196. The molecule has 0 aliphatic carbocycles. The van der Waals surface area contributed by atoms with Crippen LogP contribution >= 0.6 is 0 Å². The molecule has 0 radical (unpaired) electrons. The summed E-state index contributed by atoms with van der Waals surface area (Å²) in [5.74, 6) is 2.13. The minimum Gasteiger partial charge on any atom is -0.467 e. The first-order valence-corrected chi connectivity index (χ1v) is 9.62. The molecule has 9 heteroatoms. The van der Waals surface area contributed by atoms with Gasteiger partial charge in [0.25, 0.3) is 0 Å². The summed E-state index contributed by atoms with van der Waals surface area (Å²) in [7, 11) is 0. The van der Waals surface area contributed by atoms with E-state index in [4.69, 9.17) is 9.47 Å². The molecular weight excluding hydrogens is 363 g/mol. The van der Waals surface area contributed by atoms with Crippen LogP contribution in [0.2, 0.25) is 0 Å². The van der Waals surface area contributed by atoms with Crippen molar-refractivity contribution in [2.24, 2.45) is 4.99 Å². The van der Waals surface area contributed by atoms with E-state index in [9.17, 15) is 4.39 Å². The van der Waals surface area contributed by atoms with E-state index >= 15 is 0 Å². The Balaban J connectivity index is 1.57. The van der Waals surface area contributed by atoms with Crippen LogP contribution in [0.5, 0.6) is 5.75 Å². The van der Waals surface area contributed by atoms with Crippen molar-refractivity contribution in [3.05, 3.63) is 41.2 Å². The van der Waals surface area contributed by atoms with Crippen LogP contribution in [-0.2, 0) is 30.7 Å². The second-order valence-corrected chi connectivity index (χ2v) is 6.40. The molecule has 0 amide bonds. The maximum absolute atomic E-state index is 13.8. The lowest BCUT2D eigenvalue weighted by molar-refractivity contribution is -0.0172. The number of aryl methyl sites for hydroxylation is 1. The molecular formula is C19H27FN6O2. The maximum Gasteiger partial charge on any atom is 0.191 e. The fourth-order valence-electron chi connectivity index (χ4n) is 3.11. The van der Waals surface area contributed by atoms with E-state index in [-0.39, 0.29) is 12.6 Å². The van der Waals surface area contributed by atoms with Gasteiger partial charge in [0, 0.05) is 38.2 Å². The zero-order chi connectivity index (χ0) is 19.8. The van der Waals surface area contributed by atoms with Gasteiger partial charge in [-0.3, -0.25) is 4.99 Å². The summed E-state index contributed by atoms with van der Waals surface area (Å²) in [5.41, 5.74) is 1.56. The van der Waals surface area contributed by atoms with Crippen LogP contribution in [0.15, 0.2) is 23.5 Å². The smallest absolute Gasteiger partial charge is 0.191 e. The van der Waals surface area contributed by atoms with Crippen molar-refractivity contribution in [2.45, 2.75) is 39.8 Å². The Labute approximate surface area is 164 Å². The van der Waals surface area contributed by atoms with Crippen molar-refractivity contribution in [1.29, 1.82) is 0 Å². The third-order valence-corrected chi connectivity index (χ3v) is 4.40. The summed E-state index contributed by atoms with van der Waals surface area (Å²) in [6.45, 7) is 7.37. The summed E-state index contributed by atoms with van der Waals surface area (Å²) in [4.78, 5) is 4.59. The highest BCUT2D eigenvalue weighted by Crippen LogP contribution is 2.29. The standard InChI is InChI=1S/C19H27FN6O2/c1-3-17-25-24-12-26(17)8-7-23-19(21-4-2)22-6-5-14-9-16(20)10-15-11-27-13-28-18(14)15/h9-10,12H,3-8,11,13H2,1-2H3,(H2,21,22,23). The number of ether oxygens (including phenoxy) is 2. The van der Waals surface area contributed by atoms with Gasteiger partial charge in [0.1, 0.15) is 23.7 Å². The number of rotatable bonds is 8. The van der Waals surface area contributed by atoms with Crippen LogP contribution in [0.3, 0.4) is 0 Å². The van der Waals surface area contributed by atoms with Crippen LogP contribution in [-0.4, -0.2) is 47.2 Å². The SMILES string of the molecule is CCNC(=NCCc1cc(F)cc2c1OCOC2)NCCn1cnnc1CC. The first-order valence-electron chi connectivity index (χ1n) is 9.62. The van der Waals surface area contributed by atoms with Gasteiger partial charge in [-0.25, -0.2) is 4.39 Å². The Morgan fingerprint density at radius 3 is 3.04 bits per heavy atom. The number of nitrogens with zero attached hydrogens (tertiary/aromatic N) is 4. The Kier molecular flexibility index (Phi) is 7.18. The molecule has 8 nitrogen and oxygen atoms in total. The summed E-state index contributed by atoms with van der Waals surface area (Å²) in [6.07, 6.45) is 3.17. The van der Waals surface area contributed by atoms with Gasteiger partial charge in [-0.15, -0.1) is 10.2 Å². The predicted octanol–water partition coefficient (Wildman–Crippen LogP) is 1.64. The summed E-state index contributed by atoms with van der Waals surface area (Å²) < 4.78 is 26.6. The highest BCUT2D eigenvalue weighted by atomic mass is 19.1. The van der Waals surface area contributed by atoms with Crippen molar-refractivity contribution in [3.63, 3.8) is 0 Å². The number of hydrogen-bond donors (Lipinski definition) is 2. The van der Waals surface area contributed by atoms with Crippen molar-refractivity contribution in [2.75, 3.05) is 26.4 Å². The topological polar surface area (TPSA) is 85.6 Å². The van der Waals surface area contributed by atoms with Gasteiger partial charge in [0.15, 0.2) is 12.8 Å². The van der Waals surface area contributed by atoms with Gasteiger partial charge in [0.2, 0.25) is 0 Å². The lowest BCUT2D eigenvalue weighted by Gasteiger charge is -2.20. The van der Waals surface area contributed by atoms with Crippen LogP contribution in [0.25, 0.3) is 0 Å². The van der Waals surface area contributed by atoms with Crippen molar-refractivity contribution >= 4 is 5.96 Å². The summed E-state index contributed by atoms with van der Waals surface area (Å²) in [6, 6.07) is 2.97. The molecule has 0 atom stereocenters. The van der Waals surface area contributed by atoms with Gasteiger partial charge >= 0.3 is 0 Å². The first kappa shape index (κ1) is 20.1. The number of halogens is 1. The second kappa shape index (κ2) is 10.0. The van der Waals surface area contributed by atoms with Gasteiger partial charge in [-0.05, 0) is 31.0 Å². The molecule has 0 saturated carbocycles. The highest BCUT2D eigenvalue weighted by molar-refractivity contribution is 5.79. The Morgan fingerprint density at radius 1 is 1.32 bits per heavy atom. The van der Waals surface area contributed by atoms with Gasteiger partial charge in [-0.2, -0.15) is 0 Å². The summed E-state index contributed by atoms with van der Waals surface area (Å²) in [5, 5.41) is 14.6. The molecule has 1 aliphatic rings. The molecule has 0 fully saturated rings. The van der Waals surface area contributed by atoms with Crippen molar-refractivity contribution in [3.8, 4) is 5.75 Å². The Morgan fingerprint density at radius 2 is 2.21 bits per heavy atom. The van der Waals surface area contributed by atoms with E-state index in [0.717, 1.165) is 48.2 Å². The number of guanidine groups is 1. The average Bonchev–Trinajstić information content (AvgIpc) is 3.15. The largest absolute Gasteiger partial charge is 0.467 e. The van der Waals surface area contributed by atoms with Crippen LogP contribution in [0, 0.1) is 5.82 Å². The monoisotopic (exact) mass is 390 g/mol. The van der Waals surface area contributed by atoms with E-state index in [0.29, 0.717) is 26.1 Å². The predicted molar refractivity (Wildman–Crippen MR) is 104 cm³/mol. The fourth-order valence-corrected chi connectivity index (χ4v) is 3.11. The molecule has 2 heterocycles. The quantitative estimate of drug-likeness (QED) is 0.527. The zero-order valence-corrected chi connectivity index (χ0v) is 16.4. The molecule has 2 aromatic rings. The number of aromatic nitrogens is 3. The van der Waals surface area contributed by atoms with Crippen molar-refractivity contribution < 1.29 is 13.9 Å². The number of benzene rings is 1. The van der Waals surface area contributed by atoms with Crippen LogP contribution < -0.4 is 15.4 Å². The normalized spacial score (nSPS) is 13.8. The molecule has 1 aliphatic heterocycles. The third kappa shape index (κ3) is 5.19. The number of aliphatic imine (C=N–C) groups is 1. The van der Waals surface area contributed by atoms with E-state index in [2.05, 4.69) is 32.7 Å². The van der Waals surface area contributed by atoms with E-state index in [1.807, 2.05) is 11.5 Å². The number of nitrogens with one attached hydrogen (secondary N) is 2. The average molecular weight is 390 g/mol. The molecule has 28 heavy (non-hydrogen) atoms. The van der Waals surface area contributed by atoms with Gasteiger partial charge < -0.3 is 24.7 Å². The Bertz CT molecular complexity index is 808. The number of hydrogen-bond acceptors (Lipinski definition) is 5. The fraction of sp³-hybridized carbons (Fsp3) is 0.526.